The first-order chi connectivity index (χ1) is 34.5. The molecule has 0 amide bonds. The number of allylic oxidation sites excluding steroid dienone is 11. The van der Waals surface area contributed by atoms with Crippen LogP contribution in [0.1, 0.15) is 148 Å². The molecule has 9 atom stereocenters. The van der Waals surface area contributed by atoms with Gasteiger partial charge in [0.2, 0.25) is 0 Å². The Balaban J connectivity index is 1.89. The van der Waals surface area contributed by atoms with Crippen molar-refractivity contribution in [2.75, 3.05) is 25.6 Å². The summed E-state index contributed by atoms with van der Waals surface area (Å²) < 4.78 is 56.5. The maximum absolute atomic E-state index is 12.9. The van der Waals surface area contributed by atoms with Crippen molar-refractivity contribution in [2.24, 2.45) is 0 Å². The number of hydrogen-bond donors (Lipinski definition) is 7. The number of aliphatic hydroxyl groups excluding tert-OH is 4. The van der Waals surface area contributed by atoms with Gasteiger partial charge in [-0.1, -0.05) is 112 Å². The van der Waals surface area contributed by atoms with E-state index in [9.17, 15) is 53.7 Å². The Bertz CT molecular complexity index is 2030. The molecule has 0 bridgehead atoms. The molecule has 22 heteroatoms. The Hall–Kier alpha value is -3.88. The summed E-state index contributed by atoms with van der Waals surface area (Å²) in [6.07, 6.45) is 30.1. The number of phosphoric acid groups is 2. The SMILES string of the molecule is CCCCC/C=C\C/C=C\C/C=C\CCCCC(=O)O[C@H](COC(=O)CCCC(O)C(O)C/C=C\C/C=C\C/C=C\CCCCC)COP(=O)(O)OP(=O)(O)OC[C@H]1O[C@@H](n2ccc(N)nc2=O)[C@H](O)[C@@H]1O. The van der Waals surface area contributed by atoms with E-state index in [1.165, 1.54) is 44.6 Å². The lowest BCUT2D eigenvalue weighted by Gasteiger charge is -2.21. The molecule has 2 rings (SSSR count). The van der Waals surface area contributed by atoms with E-state index >= 15 is 0 Å². The average molecular weight is 1060 g/mol. The standard InChI is InChI=1S/C50H81N3O17P2/c1-3-5-7-9-11-13-15-17-18-19-21-23-25-27-29-33-46(57)68-40(37-65-45(56)34-30-32-42(55)41(54)31-28-26-24-22-20-16-14-12-10-8-6-4-2)38-66-71(61,62)70-72(63,64)67-39-43-47(58)48(59)49(69-43)53-36-35-44(51)52-50(53)60/h11-14,17-18,20-23,26,28,35-36,40-43,47-49,54-55,58-59H,3-10,15-16,19,24-25,27,29-34,37-39H2,1-2H3,(H,61,62)(H,63,64)(H2,51,52,60)/b13-11-,14-12-,18-17-,22-20-,23-21-,28-26-/t40-,41?,42?,43-,47-,48-,49-/m1/s1. The molecule has 72 heavy (non-hydrogen) atoms. The predicted molar refractivity (Wildman–Crippen MR) is 273 cm³/mol. The maximum atomic E-state index is 12.9. The number of ether oxygens (including phenoxy) is 3. The number of hydrogen-bond acceptors (Lipinski definition) is 17. The molecule has 0 aromatic carbocycles. The lowest BCUT2D eigenvalue weighted by atomic mass is 10.0. The lowest BCUT2D eigenvalue weighted by molar-refractivity contribution is -0.161. The van der Waals surface area contributed by atoms with E-state index < -0.39 is 95.9 Å². The van der Waals surface area contributed by atoms with Crippen LogP contribution in [0.4, 0.5) is 5.82 Å². The predicted octanol–water partition coefficient (Wildman–Crippen LogP) is 8.05. The summed E-state index contributed by atoms with van der Waals surface area (Å²) in [5.41, 5.74) is 4.56. The molecule has 1 saturated heterocycles. The Kier molecular flexibility index (Phi) is 33.7. The Morgan fingerprint density at radius 3 is 1.82 bits per heavy atom. The van der Waals surface area contributed by atoms with Crippen molar-refractivity contribution in [3.8, 4) is 0 Å². The number of carbonyl (C=O) groups excluding carboxylic acids is 2. The summed E-state index contributed by atoms with van der Waals surface area (Å²) in [5.74, 6) is -1.65. The first kappa shape index (κ1) is 64.2. The van der Waals surface area contributed by atoms with Crippen LogP contribution in [0.15, 0.2) is 90.0 Å². The second-order valence-electron chi connectivity index (χ2n) is 17.3. The van der Waals surface area contributed by atoms with Crippen LogP contribution in [0.3, 0.4) is 0 Å². The maximum Gasteiger partial charge on any atom is 0.481 e. The smallest absolute Gasteiger partial charge is 0.462 e. The minimum atomic E-state index is -5.50. The van der Waals surface area contributed by atoms with Crippen molar-refractivity contribution in [3.63, 3.8) is 0 Å². The summed E-state index contributed by atoms with van der Waals surface area (Å²) >= 11 is 0. The summed E-state index contributed by atoms with van der Waals surface area (Å²) in [4.78, 5) is 61.9. The quantitative estimate of drug-likeness (QED) is 0.0141. The normalized spacial score (nSPS) is 20.6. The van der Waals surface area contributed by atoms with Crippen molar-refractivity contribution < 1.29 is 76.5 Å². The minimum Gasteiger partial charge on any atom is -0.462 e. The number of phosphoric ester groups is 2. The van der Waals surface area contributed by atoms with Crippen LogP contribution in [-0.2, 0) is 46.3 Å². The van der Waals surface area contributed by atoms with E-state index in [2.05, 4.69) is 65.7 Å². The van der Waals surface area contributed by atoms with Crippen LogP contribution in [0.2, 0.25) is 0 Å². The first-order valence-corrected chi connectivity index (χ1v) is 28.1. The fourth-order valence-electron chi connectivity index (χ4n) is 6.89. The van der Waals surface area contributed by atoms with Crippen molar-refractivity contribution in [1.29, 1.82) is 0 Å². The van der Waals surface area contributed by atoms with Crippen LogP contribution < -0.4 is 11.4 Å². The molecule has 2 heterocycles. The van der Waals surface area contributed by atoms with E-state index in [0.717, 1.165) is 42.9 Å². The number of nitrogens with two attached hydrogens (primary N) is 1. The number of esters is 2. The number of aliphatic hydroxyl groups is 4. The molecule has 1 aromatic rings. The van der Waals surface area contributed by atoms with Gasteiger partial charge in [0.25, 0.3) is 0 Å². The zero-order valence-corrected chi connectivity index (χ0v) is 43.7. The number of aromatic nitrogens is 2. The molecule has 1 aliphatic rings. The van der Waals surface area contributed by atoms with Crippen LogP contribution in [0.5, 0.6) is 0 Å². The number of rotatable bonds is 40. The Labute approximate surface area is 424 Å². The van der Waals surface area contributed by atoms with Gasteiger partial charge in [-0.3, -0.25) is 23.2 Å². The van der Waals surface area contributed by atoms with Crippen molar-refractivity contribution >= 4 is 33.4 Å². The number of carbonyl (C=O) groups is 2. The van der Waals surface area contributed by atoms with Gasteiger partial charge in [-0.25, -0.2) is 13.9 Å². The Morgan fingerprint density at radius 2 is 1.25 bits per heavy atom. The summed E-state index contributed by atoms with van der Waals surface area (Å²) in [6.45, 7) is 1.76. The average Bonchev–Trinajstić information content (AvgIpc) is 3.61. The van der Waals surface area contributed by atoms with Gasteiger partial charge in [-0.2, -0.15) is 9.29 Å². The second-order valence-corrected chi connectivity index (χ2v) is 20.3. The zero-order valence-electron chi connectivity index (χ0n) is 41.9. The molecule has 1 fully saturated rings. The third-order valence-corrected chi connectivity index (χ3v) is 13.6. The second kappa shape index (κ2) is 37.8. The van der Waals surface area contributed by atoms with Gasteiger partial charge in [0.15, 0.2) is 12.3 Å². The minimum absolute atomic E-state index is 0.0627. The van der Waals surface area contributed by atoms with Crippen LogP contribution in [0.25, 0.3) is 0 Å². The van der Waals surface area contributed by atoms with Crippen molar-refractivity contribution in [2.45, 2.75) is 185 Å². The third kappa shape index (κ3) is 29.7. The van der Waals surface area contributed by atoms with E-state index in [1.54, 1.807) is 6.08 Å². The highest BCUT2D eigenvalue weighted by molar-refractivity contribution is 7.61. The van der Waals surface area contributed by atoms with E-state index in [0.29, 0.717) is 25.7 Å². The molecule has 1 aliphatic heterocycles. The van der Waals surface area contributed by atoms with Crippen LogP contribution in [-0.4, -0.2) is 108 Å². The molecule has 408 valence electrons. The molecule has 20 nitrogen and oxygen atoms in total. The van der Waals surface area contributed by atoms with Crippen LogP contribution >= 0.6 is 15.6 Å². The van der Waals surface area contributed by atoms with Gasteiger partial charge < -0.3 is 50.2 Å². The van der Waals surface area contributed by atoms with E-state index in [1.807, 2.05) is 24.3 Å². The van der Waals surface area contributed by atoms with Gasteiger partial charge in [-0.05, 0) is 96.0 Å². The van der Waals surface area contributed by atoms with Gasteiger partial charge in [0, 0.05) is 19.0 Å². The molecule has 0 aliphatic carbocycles. The fraction of sp³-hybridized carbons (Fsp3) is 0.640. The molecule has 0 radical (unpaired) electrons. The lowest BCUT2D eigenvalue weighted by Crippen LogP contribution is -2.36. The highest BCUT2D eigenvalue weighted by Gasteiger charge is 2.46. The molecule has 0 saturated carbocycles. The third-order valence-electron chi connectivity index (χ3n) is 11.0. The highest BCUT2D eigenvalue weighted by atomic mass is 31.3. The van der Waals surface area contributed by atoms with Crippen molar-refractivity contribution in [3.05, 3.63) is 95.7 Å². The topological polar surface area (TPSA) is 306 Å². The van der Waals surface area contributed by atoms with Gasteiger partial charge in [0.05, 0.1) is 25.4 Å². The largest absolute Gasteiger partial charge is 0.481 e. The number of nitrogen functional groups attached to an aromatic ring is 1. The monoisotopic (exact) mass is 1060 g/mol. The van der Waals surface area contributed by atoms with Gasteiger partial charge >= 0.3 is 33.3 Å². The Morgan fingerprint density at radius 1 is 0.722 bits per heavy atom. The molecular weight excluding hydrogens is 977 g/mol. The first-order valence-electron chi connectivity index (χ1n) is 25.1. The molecule has 1 aromatic heterocycles. The number of unbranched alkanes of at least 4 members (excludes halogenated alkanes) is 8. The number of nitrogens with zero attached hydrogens (tertiary/aromatic N) is 2. The van der Waals surface area contributed by atoms with E-state index in [-0.39, 0.29) is 37.9 Å². The molecular formula is C50H81N3O17P2. The highest BCUT2D eigenvalue weighted by Crippen LogP contribution is 2.60. The zero-order chi connectivity index (χ0) is 53.0. The molecule has 4 unspecified atom stereocenters. The van der Waals surface area contributed by atoms with Gasteiger partial charge in [0.1, 0.15) is 30.7 Å². The molecule has 8 N–H and O–H groups in total. The van der Waals surface area contributed by atoms with Gasteiger partial charge in [-0.15, -0.1) is 0 Å². The molecule has 0 spiro atoms. The van der Waals surface area contributed by atoms with Crippen LogP contribution in [0, 0.1) is 0 Å². The summed E-state index contributed by atoms with van der Waals surface area (Å²) in [7, 11) is -11.0. The summed E-state index contributed by atoms with van der Waals surface area (Å²) in [6, 6.07) is 1.23. The fourth-order valence-corrected chi connectivity index (χ4v) is 9.00. The number of anilines is 1. The van der Waals surface area contributed by atoms with Crippen molar-refractivity contribution in [1.82, 2.24) is 9.55 Å². The summed E-state index contributed by atoms with van der Waals surface area (Å²) in [5, 5.41) is 41.7. The van der Waals surface area contributed by atoms with E-state index in [4.69, 9.17) is 29.0 Å².